The molecule has 1 aliphatic carbocycles. The van der Waals surface area contributed by atoms with Crippen LogP contribution >= 0.6 is 0 Å². The summed E-state index contributed by atoms with van der Waals surface area (Å²) in [5.74, 6) is 0.0229. The van der Waals surface area contributed by atoms with Crippen molar-refractivity contribution in [2.24, 2.45) is 0 Å². The van der Waals surface area contributed by atoms with E-state index in [2.05, 4.69) is 15.7 Å². The number of sulfonamides is 1. The molecule has 1 heterocycles. The largest absolute Gasteiger partial charge is 0.495 e. The van der Waals surface area contributed by atoms with Crippen LogP contribution in [-0.4, -0.2) is 58.6 Å². The van der Waals surface area contributed by atoms with Crippen LogP contribution in [0.2, 0.25) is 0 Å². The van der Waals surface area contributed by atoms with Crippen LogP contribution < -0.4 is 14.4 Å². The van der Waals surface area contributed by atoms with Crippen molar-refractivity contribution >= 4 is 21.6 Å². The first-order valence-corrected chi connectivity index (χ1v) is 12.1. The Labute approximate surface area is 188 Å². The second-order valence-electron chi connectivity index (χ2n) is 8.05. The van der Waals surface area contributed by atoms with Gasteiger partial charge in [-0.05, 0) is 61.7 Å². The molecule has 2 fully saturated rings. The highest BCUT2D eigenvalue weighted by Crippen LogP contribution is 2.29. The quantitative estimate of drug-likeness (QED) is 0.719. The minimum Gasteiger partial charge on any atom is -0.495 e. The fraction of sp³-hybridized carbons (Fsp3) is 0.391. The molecular formula is C23H26N4O4S. The number of hydrogen-bond donors (Lipinski definition) is 1. The first-order chi connectivity index (χ1) is 15.4. The van der Waals surface area contributed by atoms with Crippen LogP contribution in [0.1, 0.15) is 35.2 Å². The molecule has 2 aromatic rings. The SMILES string of the molecule is COc1ccc(C(=O)N2CCCN(c3ccc(C#N)cc3)CC2)cc1S(=O)(=O)NC1CC1. The summed E-state index contributed by atoms with van der Waals surface area (Å²) in [5, 5.41) is 8.98. The lowest BCUT2D eigenvalue weighted by molar-refractivity contribution is 0.0766. The number of hydrogen-bond acceptors (Lipinski definition) is 6. The lowest BCUT2D eigenvalue weighted by Gasteiger charge is -2.24. The fourth-order valence-corrected chi connectivity index (χ4v) is 5.31. The molecular weight excluding hydrogens is 428 g/mol. The topological polar surface area (TPSA) is 103 Å². The van der Waals surface area contributed by atoms with Crippen LogP contribution in [0.3, 0.4) is 0 Å². The normalized spacial score (nSPS) is 16.9. The van der Waals surface area contributed by atoms with Crippen molar-refractivity contribution in [1.82, 2.24) is 9.62 Å². The molecule has 0 aromatic heterocycles. The Kier molecular flexibility index (Phi) is 6.35. The van der Waals surface area contributed by atoms with E-state index in [-0.39, 0.29) is 22.6 Å². The molecule has 0 bridgehead atoms. The molecule has 9 heteroatoms. The third-order valence-electron chi connectivity index (χ3n) is 5.74. The number of carbonyl (C=O) groups is 1. The number of anilines is 1. The van der Waals surface area contributed by atoms with E-state index in [1.807, 2.05) is 12.1 Å². The first-order valence-electron chi connectivity index (χ1n) is 10.7. The highest BCUT2D eigenvalue weighted by atomic mass is 32.2. The lowest BCUT2D eigenvalue weighted by Crippen LogP contribution is -2.35. The second-order valence-corrected chi connectivity index (χ2v) is 9.74. The summed E-state index contributed by atoms with van der Waals surface area (Å²) < 4.78 is 33.4. The summed E-state index contributed by atoms with van der Waals surface area (Å²) in [6.07, 6.45) is 2.43. The van der Waals surface area contributed by atoms with E-state index in [0.717, 1.165) is 31.5 Å². The van der Waals surface area contributed by atoms with Crippen LogP contribution in [-0.2, 0) is 10.0 Å². The highest BCUT2D eigenvalue weighted by molar-refractivity contribution is 7.89. The molecule has 0 spiro atoms. The molecule has 4 rings (SSSR count). The van der Waals surface area contributed by atoms with Crippen LogP contribution in [0, 0.1) is 11.3 Å². The lowest BCUT2D eigenvalue weighted by atomic mass is 10.2. The van der Waals surface area contributed by atoms with Gasteiger partial charge >= 0.3 is 0 Å². The number of nitrogens with zero attached hydrogens (tertiary/aromatic N) is 3. The highest BCUT2D eigenvalue weighted by Gasteiger charge is 2.31. The van der Waals surface area contributed by atoms with Gasteiger partial charge in [0.1, 0.15) is 10.6 Å². The van der Waals surface area contributed by atoms with Gasteiger partial charge in [0.05, 0.1) is 18.7 Å². The molecule has 1 amide bonds. The predicted octanol–water partition coefficient (Wildman–Crippen LogP) is 2.36. The first kappa shape index (κ1) is 22.1. The third-order valence-corrected chi connectivity index (χ3v) is 7.29. The Morgan fingerprint density at radius 2 is 1.84 bits per heavy atom. The number of nitrogens with one attached hydrogen (secondary N) is 1. The molecule has 1 aliphatic heterocycles. The van der Waals surface area contributed by atoms with Crippen molar-refractivity contribution in [2.75, 3.05) is 38.2 Å². The van der Waals surface area contributed by atoms with Gasteiger partial charge in [0.15, 0.2) is 0 Å². The third kappa shape index (κ3) is 4.87. The van der Waals surface area contributed by atoms with Crippen molar-refractivity contribution in [3.8, 4) is 11.8 Å². The summed E-state index contributed by atoms with van der Waals surface area (Å²) in [6.45, 7) is 2.55. The molecule has 32 heavy (non-hydrogen) atoms. The van der Waals surface area contributed by atoms with Crippen molar-refractivity contribution < 1.29 is 17.9 Å². The molecule has 2 aliphatic rings. The number of amides is 1. The van der Waals surface area contributed by atoms with Gasteiger partial charge in [-0.3, -0.25) is 4.79 Å². The second kappa shape index (κ2) is 9.18. The molecule has 2 aromatic carbocycles. The van der Waals surface area contributed by atoms with Crippen LogP contribution in [0.5, 0.6) is 5.75 Å². The summed E-state index contributed by atoms with van der Waals surface area (Å²) in [7, 11) is -2.35. The van der Waals surface area contributed by atoms with Crippen LogP contribution in [0.15, 0.2) is 47.4 Å². The van der Waals surface area contributed by atoms with Gasteiger partial charge in [-0.2, -0.15) is 5.26 Å². The molecule has 1 saturated heterocycles. The van der Waals surface area contributed by atoms with Crippen molar-refractivity contribution in [1.29, 1.82) is 5.26 Å². The number of benzene rings is 2. The Bertz CT molecular complexity index is 1140. The van der Waals surface area contributed by atoms with Crippen molar-refractivity contribution in [3.63, 3.8) is 0 Å². The number of methoxy groups -OCH3 is 1. The Balaban J connectivity index is 1.50. The number of nitriles is 1. The summed E-state index contributed by atoms with van der Waals surface area (Å²) in [4.78, 5) is 17.2. The Hall–Kier alpha value is -3.09. The number of ether oxygens (including phenoxy) is 1. The zero-order valence-corrected chi connectivity index (χ0v) is 18.8. The van der Waals surface area contributed by atoms with Crippen LogP contribution in [0.4, 0.5) is 5.69 Å². The number of carbonyl (C=O) groups excluding carboxylic acids is 1. The van der Waals surface area contributed by atoms with Crippen molar-refractivity contribution in [3.05, 3.63) is 53.6 Å². The van der Waals surface area contributed by atoms with E-state index in [4.69, 9.17) is 10.00 Å². The van der Waals surface area contributed by atoms with E-state index >= 15 is 0 Å². The van der Waals surface area contributed by atoms with Gasteiger partial charge in [0, 0.05) is 43.5 Å². The number of rotatable bonds is 6. The molecule has 0 radical (unpaired) electrons. The van der Waals surface area contributed by atoms with Gasteiger partial charge < -0.3 is 14.5 Å². The Morgan fingerprint density at radius 3 is 2.50 bits per heavy atom. The van der Waals surface area contributed by atoms with E-state index in [9.17, 15) is 13.2 Å². The standard InChI is InChI=1S/C23H26N4O4S/c1-31-21-10-5-18(15-22(21)32(29,30)25-19-6-7-19)23(28)27-12-2-11-26(13-14-27)20-8-3-17(16-24)4-9-20/h3-5,8-10,15,19,25H,2,6-7,11-14H2,1H3. The van der Waals surface area contributed by atoms with Crippen LogP contribution in [0.25, 0.3) is 0 Å². The van der Waals surface area contributed by atoms with Gasteiger partial charge in [-0.25, -0.2) is 13.1 Å². The zero-order valence-electron chi connectivity index (χ0n) is 18.0. The van der Waals surface area contributed by atoms with E-state index in [0.29, 0.717) is 30.8 Å². The summed E-state index contributed by atoms with van der Waals surface area (Å²) >= 11 is 0. The van der Waals surface area contributed by atoms with Gasteiger partial charge in [-0.1, -0.05) is 0 Å². The summed E-state index contributed by atoms with van der Waals surface area (Å²) in [5.41, 5.74) is 1.96. The maximum absolute atomic E-state index is 13.2. The van der Waals surface area contributed by atoms with Crippen molar-refractivity contribution in [2.45, 2.75) is 30.2 Å². The molecule has 168 valence electrons. The van der Waals surface area contributed by atoms with E-state index in [1.165, 1.54) is 19.2 Å². The predicted molar refractivity (Wildman–Crippen MR) is 120 cm³/mol. The minimum absolute atomic E-state index is 0.00761. The Morgan fingerprint density at radius 1 is 1.09 bits per heavy atom. The van der Waals surface area contributed by atoms with E-state index in [1.54, 1.807) is 23.1 Å². The van der Waals surface area contributed by atoms with Gasteiger partial charge in [0.25, 0.3) is 5.91 Å². The van der Waals surface area contributed by atoms with Gasteiger partial charge in [0.2, 0.25) is 10.0 Å². The summed E-state index contributed by atoms with van der Waals surface area (Å²) in [6, 6.07) is 14.1. The maximum atomic E-state index is 13.2. The molecule has 0 unspecified atom stereocenters. The average Bonchev–Trinajstić information content (AvgIpc) is 3.64. The molecule has 1 N–H and O–H groups in total. The molecule has 1 saturated carbocycles. The smallest absolute Gasteiger partial charge is 0.253 e. The monoisotopic (exact) mass is 454 g/mol. The average molecular weight is 455 g/mol. The fourth-order valence-electron chi connectivity index (χ4n) is 3.81. The maximum Gasteiger partial charge on any atom is 0.253 e. The van der Waals surface area contributed by atoms with Gasteiger partial charge in [-0.15, -0.1) is 0 Å². The molecule has 0 atom stereocenters. The van der Waals surface area contributed by atoms with E-state index < -0.39 is 10.0 Å². The molecule has 8 nitrogen and oxygen atoms in total. The minimum atomic E-state index is -3.76. The zero-order chi connectivity index (χ0) is 22.7.